The fraction of sp³-hybridized carbons (Fsp3) is 0.389. The van der Waals surface area contributed by atoms with Crippen LogP contribution in [0.2, 0.25) is 5.02 Å². The second-order valence-electron chi connectivity index (χ2n) is 6.64. The Balaban J connectivity index is 1.51. The van der Waals surface area contributed by atoms with Crippen LogP contribution >= 0.6 is 11.6 Å². The summed E-state index contributed by atoms with van der Waals surface area (Å²) in [5.41, 5.74) is 1.34. The molecule has 9 heteroatoms. The lowest BCUT2D eigenvalue weighted by Gasteiger charge is -2.31. The first-order chi connectivity index (χ1) is 12.9. The Kier molecular flexibility index (Phi) is 4.59. The lowest BCUT2D eigenvalue weighted by molar-refractivity contribution is -0.0497. The van der Waals surface area contributed by atoms with E-state index in [1.54, 1.807) is 17.2 Å². The van der Waals surface area contributed by atoms with E-state index in [0.717, 1.165) is 19.3 Å². The van der Waals surface area contributed by atoms with Crippen molar-refractivity contribution in [1.82, 2.24) is 14.9 Å². The van der Waals surface area contributed by atoms with Gasteiger partial charge in [-0.1, -0.05) is 17.7 Å². The highest BCUT2D eigenvalue weighted by molar-refractivity contribution is 6.32. The molecule has 27 heavy (non-hydrogen) atoms. The largest absolute Gasteiger partial charge is 0.443 e. The minimum atomic E-state index is -2.98. The van der Waals surface area contributed by atoms with Gasteiger partial charge in [0.05, 0.1) is 35.3 Å². The van der Waals surface area contributed by atoms with Crippen LogP contribution in [0.3, 0.4) is 0 Å². The first kappa shape index (κ1) is 17.9. The molecule has 0 N–H and O–H groups in total. The maximum atomic E-state index is 12.5. The highest BCUT2D eigenvalue weighted by Gasteiger charge is 2.50. The maximum Gasteiger partial charge on any atom is 0.410 e. The molecule has 1 saturated carbocycles. The molecule has 1 aliphatic carbocycles. The highest BCUT2D eigenvalue weighted by Crippen LogP contribution is 2.45. The Morgan fingerprint density at radius 2 is 2.11 bits per heavy atom. The molecule has 1 aliphatic heterocycles. The molecule has 2 aromatic rings. The van der Waals surface area contributed by atoms with E-state index in [2.05, 4.69) is 14.7 Å². The Labute approximate surface area is 159 Å². The van der Waals surface area contributed by atoms with Gasteiger partial charge in [0.25, 0.3) is 0 Å². The lowest BCUT2D eigenvalue weighted by atomic mass is 10.1. The van der Waals surface area contributed by atoms with Crippen molar-refractivity contribution < 1.29 is 23.0 Å². The normalized spacial score (nSPS) is 17.9. The molecule has 1 amide bonds. The first-order valence-corrected chi connectivity index (χ1v) is 8.85. The molecule has 0 radical (unpaired) electrons. The van der Waals surface area contributed by atoms with Gasteiger partial charge in [0.1, 0.15) is 11.4 Å². The van der Waals surface area contributed by atoms with Crippen LogP contribution in [0.15, 0.2) is 30.6 Å². The smallest absolute Gasteiger partial charge is 0.410 e. The van der Waals surface area contributed by atoms with E-state index >= 15 is 0 Å². The summed E-state index contributed by atoms with van der Waals surface area (Å²) in [6.07, 6.45) is 5.41. The van der Waals surface area contributed by atoms with E-state index in [9.17, 15) is 13.6 Å². The average molecular weight is 396 g/mol. The van der Waals surface area contributed by atoms with E-state index in [1.807, 2.05) is 0 Å². The zero-order valence-corrected chi connectivity index (χ0v) is 15.0. The van der Waals surface area contributed by atoms with Crippen molar-refractivity contribution in [3.05, 3.63) is 41.3 Å². The van der Waals surface area contributed by atoms with E-state index < -0.39 is 6.61 Å². The van der Waals surface area contributed by atoms with Crippen LogP contribution in [0.1, 0.15) is 25.0 Å². The number of rotatable bonds is 5. The second-order valence-corrected chi connectivity index (χ2v) is 7.05. The second kappa shape index (κ2) is 6.92. The lowest BCUT2D eigenvalue weighted by Crippen LogP contribution is -2.42. The van der Waals surface area contributed by atoms with Crippen molar-refractivity contribution in [1.29, 1.82) is 0 Å². The van der Waals surface area contributed by atoms with Crippen molar-refractivity contribution >= 4 is 17.7 Å². The molecule has 0 unspecified atom stereocenters. The Hall–Kier alpha value is -2.48. The first-order valence-electron chi connectivity index (χ1n) is 8.48. The van der Waals surface area contributed by atoms with Gasteiger partial charge < -0.3 is 14.4 Å². The van der Waals surface area contributed by atoms with Crippen LogP contribution in [0.25, 0.3) is 11.3 Å². The van der Waals surface area contributed by atoms with Crippen LogP contribution in [-0.4, -0.2) is 39.7 Å². The van der Waals surface area contributed by atoms with Crippen LogP contribution < -0.4 is 4.74 Å². The molecule has 0 bridgehead atoms. The van der Waals surface area contributed by atoms with E-state index in [-0.39, 0.29) is 29.0 Å². The molecular formula is C18H16ClF2N3O3. The predicted octanol–water partition coefficient (Wildman–Crippen LogP) is 4.27. The molecule has 1 spiro atoms. The summed E-state index contributed by atoms with van der Waals surface area (Å²) >= 11 is 5.88. The van der Waals surface area contributed by atoms with Gasteiger partial charge in [-0.25, -0.2) is 9.78 Å². The summed E-state index contributed by atoms with van der Waals surface area (Å²) in [4.78, 5) is 22.4. The molecule has 2 fully saturated rings. The molecule has 142 valence electrons. The molecule has 1 saturated heterocycles. The van der Waals surface area contributed by atoms with Crippen LogP contribution in [0.4, 0.5) is 13.6 Å². The van der Waals surface area contributed by atoms with Gasteiger partial charge >= 0.3 is 12.7 Å². The van der Waals surface area contributed by atoms with Gasteiger partial charge in [-0.2, -0.15) is 8.78 Å². The van der Waals surface area contributed by atoms with Crippen molar-refractivity contribution in [2.75, 3.05) is 6.54 Å². The van der Waals surface area contributed by atoms with Crippen molar-refractivity contribution in [2.24, 2.45) is 0 Å². The van der Waals surface area contributed by atoms with Crippen LogP contribution in [-0.2, 0) is 11.3 Å². The fourth-order valence-corrected chi connectivity index (χ4v) is 3.19. The Morgan fingerprint density at radius 1 is 1.30 bits per heavy atom. The number of carbonyl (C=O) groups is 1. The summed E-state index contributed by atoms with van der Waals surface area (Å²) in [7, 11) is 0. The third kappa shape index (κ3) is 3.95. The average Bonchev–Trinajstić information content (AvgIpc) is 3.38. The number of benzene rings is 1. The highest BCUT2D eigenvalue weighted by atomic mass is 35.5. The van der Waals surface area contributed by atoms with E-state index in [1.165, 1.54) is 18.3 Å². The summed E-state index contributed by atoms with van der Waals surface area (Å²) < 4.78 is 34.9. The summed E-state index contributed by atoms with van der Waals surface area (Å²) in [6, 6.07) is 4.48. The third-order valence-corrected chi connectivity index (χ3v) is 5.00. The van der Waals surface area contributed by atoms with Crippen LogP contribution in [0.5, 0.6) is 5.75 Å². The van der Waals surface area contributed by atoms with Crippen molar-refractivity contribution in [3.8, 4) is 17.0 Å². The van der Waals surface area contributed by atoms with Crippen molar-refractivity contribution in [2.45, 2.75) is 38.0 Å². The molecular weight excluding hydrogens is 380 g/mol. The number of hydrogen-bond donors (Lipinski definition) is 0. The quantitative estimate of drug-likeness (QED) is 0.756. The summed E-state index contributed by atoms with van der Waals surface area (Å²) in [5, 5.41) is 0.0771. The summed E-state index contributed by atoms with van der Waals surface area (Å²) in [5.74, 6) is -0.134. The third-order valence-electron chi connectivity index (χ3n) is 4.69. The number of aromatic nitrogens is 2. The number of amides is 1. The molecule has 2 heterocycles. The summed E-state index contributed by atoms with van der Waals surface area (Å²) in [6.45, 7) is -2.10. The number of nitrogens with zero attached hydrogens (tertiary/aromatic N) is 3. The fourth-order valence-electron chi connectivity index (χ4n) is 3.03. The standard InChI is InChI=1S/C18H16ClF2N3O3/c19-13-2-1-11(7-15(13)26-16(20)21)14-9-22-8-12(23-14)10-24-6-5-18(3-4-18)27-17(24)25/h1-2,7-9,16H,3-6,10H2. The van der Waals surface area contributed by atoms with E-state index in [0.29, 0.717) is 23.5 Å². The van der Waals surface area contributed by atoms with Gasteiger partial charge in [0.15, 0.2) is 0 Å². The Morgan fingerprint density at radius 3 is 2.81 bits per heavy atom. The molecule has 4 rings (SSSR count). The SMILES string of the molecule is O=C1OC2(CCN1Cc1cncc(-c3ccc(Cl)c(OC(F)F)c3)n1)CC2. The van der Waals surface area contributed by atoms with Gasteiger partial charge in [-0.05, 0) is 25.0 Å². The maximum absolute atomic E-state index is 12.5. The number of ether oxygens (including phenoxy) is 2. The Bertz CT molecular complexity index is 877. The number of hydrogen-bond acceptors (Lipinski definition) is 5. The minimum absolute atomic E-state index is 0.0771. The minimum Gasteiger partial charge on any atom is -0.443 e. The molecule has 0 atom stereocenters. The predicted molar refractivity (Wildman–Crippen MR) is 92.6 cm³/mol. The molecule has 2 aliphatic rings. The van der Waals surface area contributed by atoms with E-state index in [4.69, 9.17) is 16.3 Å². The van der Waals surface area contributed by atoms with Gasteiger partial charge in [0, 0.05) is 18.5 Å². The van der Waals surface area contributed by atoms with Gasteiger partial charge in [-0.15, -0.1) is 0 Å². The van der Waals surface area contributed by atoms with Crippen LogP contribution in [0, 0.1) is 0 Å². The number of halogens is 3. The molecule has 6 nitrogen and oxygen atoms in total. The molecule has 1 aromatic carbocycles. The van der Waals surface area contributed by atoms with Crippen molar-refractivity contribution in [3.63, 3.8) is 0 Å². The number of alkyl halides is 2. The zero-order chi connectivity index (χ0) is 19.0. The topological polar surface area (TPSA) is 64.5 Å². The number of carbonyl (C=O) groups excluding carboxylic acids is 1. The zero-order valence-electron chi connectivity index (χ0n) is 14.2. The van der Waals surface area contributed by atoms with Gasteiger partial charge in [0.2, 0.25) is 0 Å². The van der Waals surface area contributed by atoms with Gasteiger partial charge in [-0.3, -0.25) is 4.98 Å². The monoisotopic (exact) mass is 395 g/mol. The molecule has 1 aromatic heterocycles.